The molecule has 0 aromatic carbocycles. The van der Waals surface area contributed by atoms with Crippen molar-refractivity contribution in [3.8, 4) is 0 Å². The predicted molar refractivity (Wildman–Crippen MR) is 119 cm³/mol. The second kappa shape index (κ2) is 8.99. The minimum absolute atomic E-state index is 0.0560. The molecule has 1 aliphatic heterocycles. The molecular weight excluding hydrogens is 382 g/mol. The first-order chi connectivity index (χ1) is 14.1. The molecule has 0 spiro atoms. The molecule has 4 rings (SSSR count). The maximum atomic E-state index is 12.4. The van der Waals surface area contributed by atoms with E-state index in [4.69, 9.17) is 14.7 Å². The van der Waals surface area contributed by atoms with Gasteiger partial charge in [-0.15, -0.1) is 11.3 Å². The lowest BCUT2D eigenvalue weighted by molar-refractivity contribution is -0.148. The van der Waals surface area contributed by atoms with Gasteiger partial charge in [0.15, 0.2) is 0 Å². The van der Waals surface area contributed by atoms with E-state index in [0.717, 1.165) is 48.7 Å². The highest BCUT2D eigenvalue weighted by molar-refractivity contribution is 7.19. The molecule has 1 atom stereocenters. The Balaban J connectivity index is 1.76. The standard InChI is InChI=1S/C23H33N3O2S/c1-4-28-23(27)16-9-8-12-26(14-16)21-20-17-10-6-5-7-11-18(17)29-22(20)25-19(24-21)13-15(2)3/h15-16H,4-14H2,1-3H3/t16-/m1/s1. The first kappa shape index (κ1) is 20.6. The van der Waals surface area contributed by atoms with Crippen molar-refractivity contribution in [2.24, 2.45) is 11.8 Å². The molecule has 0 radical (unpaired) electrons. The quantitative estimate of drug-likeness (QED) is 0.511. The van der Waals surface area contributed by atoms with Crippen LogP contribution >= 0.6 is 11.3 Å². The fourth-order valence-electron chi connectivity index (χ4n) is 4.67. The van der Waals surface area contributed by atoms with Gasteiger partial charge < -0.3 is 9.64 Å². The number of piperidine rings is 1. The van der Waals surface area contributed by atoms with E-state index in [9.17, 15) is 4.79 Å². The van der Waals surface area contributed by atoms with Gasteiger partial charge in [0, 0.05) is 24.4 Å². The van der Waals surface area contributed by atoms with E-state index < -0.39 is 0 Å². The largest absolute Gasteiger partial charge is 0.466 e. The van der Waals surface area contributed by atoms with Crippen LogP contribution in [-0.4, -0.2) is 35.6 Å². The first-order valence-corrected chi connectivity index (χ1v) is 12.1. The highest BCUT2D eigenvalue weighted by Crippen LogP contribution is 2.40. The van der Waals surface area contributed by atoms with Crippen molar-refractivity contribution in [3.63, 3.8) is 0 Å². The molecule has 3 heterocycles. The molecule has 5 nitrogen and oxygen atoms in total. The van der Waals surface area contributed by atoms with Crippen LogP contribution in [0.2, 0.25) is 0 Å². The van der Waals surface area contributed by atoms with E-state index in [2.05, 4.69) is 18.7 Å². The number of carbonyl (C=O) groups is 1. The Hall–Kier alpha value is -1.69. The molecule has 0 N–H and O–H groups in total. The molecule has 0 bridgehead atoms. The number of rotatable bonds is 5. The molecule has 6 heteroatoms. The van der Waals surface area contributed by atoms with E-state index >= 15 is 0 Å². The zero-order chi connectivity index (χ0) is 20.4. The summed E-state index contributed by atoms with van der Waals surface area (Å²) in [4.78, 5) is 27.5. The number of fused-ring (bicyclic) bond motifs is 3. The van der Waals surface area contributed by atoms with Gasteiger partial charge in [0.1, 0.15) is 16.5 Å². The molecule has 1 aliphatic carbocycles. The van der Waals surface area contributed by atoms with E-state index in [1.54, 1.807) is 0 Å². The predicted octanol–water partition coefficient (Wildman–Crippen LogP) is 4.94. The lowest BCUT2D eigenvalue weighted by Crippen LogP contribution is -2.40. The average Bonchev–Trinajstić information content (AvgIpc) is 2.88. The molecular formula is C23H33N3O2S. The van der Waals surface area contributed by atoms with Crippen molar-refractivity contribution in [1.29, 1.82) is 0 Å². The third-order valence-electron chi connectivity index (χ3n) is 6.02. The summed E-state index contributed by atoms with van der Waals surface area (Å²) >= 11 is 1.88. The lowest BCUT2D eigenvalue weighted by Gasteiger charge is -2.33. The zero-order valence-corrected chi connectivity index (χ0v) is 18.8. The summed E-state index contributed by atoms with van der Waals surface area (Å²) in [6.07, 6.45) is 8.92. The number of ether oxygens (including phenoxy) is 1. The van der Waals surface area contributed by atoms with E-state index in [-0.39, 0.29) is 11.9 Å². The minimum Gasteiger partial charge on any atom is -0.466 e. The summed E-state index contributed by atoms with van der Waals surface area (Å²) < 4.78 is 5.33. The first-order valence-electron chi connectivity index (χ1n) is 11.3. The molecule has 29 heavy (non-hydrogen) atoms. The van der Waals surface area contributed by atoms with E-state index in [1.807, 2.05) is 18.3 Å². The van der Waals surface area contributed by atoms with Crippen LogP contribution in [0, 0.1) is 11.8 Å². The van der Waals surface area contributed by atoms with Crippen LogP contribution in [0.15, 0.2) is 0 Å². The van der Waals surface area contributed by atoms with Crippen LogP contribution in [0.25, 0.3) is 10.2 Å². The average molecular weight is 416 g/mol. The SMILES string of the molecule is CCOC(=O)[C@@H]1CCCN(c2nc(CC(C)C)nc3sc4c(c23)CCCCC4)C1. The fourth-order valence-corrected chi connectivity index (χ4v) is 5.94. The van der Waals surface area contributed by atoms with Crippen molar-refractivity contribution in [2.45, 2.75) is 72.1 Å². The number of hydrogen-bond donors (Lipinski definition) is 0. The number of carbonyl (C=O) groups excluding carboxylic acids is 1. The summed E-state index contributed by atoms with van der Waals surface area (Å²) in [6, 6.07) is 0. The van der Waals surface area contributed by atoms with E-state index in [0.29, 0.717) is 19.1 Å². The van der Waals surface area contributed by atoms with Gasteiger partial charge >= 0.3 is 5.97 Å². The summed E-state index contributed by atoms with van der Waals surface area (Å²) in [7, 11) is 0. The maximum absolute atomic E-state index is 12.4. The number of nitrogens with zero attached hydrogens (tertiary/aromatic N) is 3. The number of anilines is 1. The Morgan fingerprint density at radius 1 is 1.21 bits per heavy atom. The lowest BCUT2D eigenvalue weighted by atomic mass is 9.97. The highest BCUT2D eigenvalue weighted by Gasteiger charge is 2.30. The van der Waals surface area contributed by atoms with Crippen LogP contribution in [0.3, 0.4) is 0 Å². The summed E-state index contributed by atoms with van der Waals surface area (Å²) in [6.45, 7) is 8.42. The van der Waals surface area contributed by atoms with Gasteiger partial charge in [-0.25, -0.2) is 9.97 Å². The Labute approximate surface area is 177 Å². The normalized spacial score (nSPS) is 20.0. The van der Waals surface area contributed by atoms with E-state index in [1.165, 1.54) is 41.5 Å². The van der Waals surface area contributed by atoms with Gasteiger partial charge in [-0.05, 0) is 56.9 Å². The molecule has 158 valence electrons. The number of aromatic nitrogens is 2. The summed E-state index contributed by atoms with van der Waals surface area (Å²) in [5.74, 6) is 2.41. The fraction of sp³-hybridized carbons (Fsp3) is 0.696. The molecule has 0 unspecified atom stereocenters. The van der Waals surface area contributed by atoms with Crippen molar-refractivity contribution < 1.29 is 9.53 Å². The maximum Gasteiger partial charge on any atom is 0.310 e. The number of esters is 1. The smallest absolute Gasteiger partial charge is 0.310 e. The van der Waals surface area contributed by atoms with Crippen molar-refractivity contribution in [2.75, 3.05) is 24.6 Å². The van der Waals surface area contributed by atoms with Crippen molar-refractivity contribution in [1.82, 2.24) is 9.97 Å². The highest BCUT2D eigenvalue weighted by atomic mass is 32.1. The Bertz CT molecular complexity index is 877. The minimum atomic E-state index is -0.0611. The third-order valence-corrected chi connectivity index (χ3v) is 7.21. The van der Waals surface area contributed by atoms with Crippen molar-refractivity contribution in [3.05, 3.63) is 16.3 Å². The Morgan fingerprint density at radius 2 is 2.03 bits per heavy atom. The second-order valence-electron chi connectivity index (χ2n) is 8.84. The molecule has 2 aromatic heterocycles. The Morgan fingerprint density at radius 3 is 2.83 bits per heavy atom. The van der Waals surface area contributed by atoms with Crippen LogP contribution in [0.5, 0.6) is 0 Å². The molecule has 1 fully saturated rings. The Kier molecular flexibility index (Phi) is 6.38. The molecule has 0 amide bonds. The zero-order valence-electron chi connectivity index (χ0n) is 18.0. The number of thiophene rings is 1. The number of aryl methyl sites for hydroxylation is 2. The second-order valence-corrected chi connectivity index (χ2v) is 9.93. The van der Waals surface area contributed by atoms with Gasteiger partial charge in [-0.1, -0.05) is 20.3 Å². The summed E-state index contributed by atoms with van der Waals surface area (Å²) in [5.41, 5.74) is 1.48. The summed E-state index contributed by atoms with van der Waals surface area (Å²) in [5, 5.41) is 1.27. The molecule has 2 aliphatic rings. The van der Waals surface area contributed by atoms with Crippen LogP contribution in [0.1, 0.15) is 69.1 Å². The van der Waals surface area contributed by atoms with Gasteiger partial charge in [-0.2, -0.15) is 0 Å². The molecule has 1 saturated heterocycles. The molecule has 2 aromatic rings. The third kappa shape index (κ3) is 4.42. The topological polar surface area (TPSA) is 55.3 Å². The van der Waals surface area contributed by atoms with Crippen LogP contribution in [0.4, 0.5) is 5.82 Å². The number of hydrogen-bond acceptors (Lipinski definition) is 6. The van der Waals surface area contributed by atoms with Gasteiger partial charge in [0.2, 0.25) is 0 Å². The molecule has 0 saturated carbocycles. The van der Waals surface area contributed by atoms with Crippen LogP contribution < -0.4 is 4.90 Å². The van der Waals surface area contributed by atoms with Crippen LogP contribution in [-0.2, 0) is 28.8 Å². The van der Waals surface area contributed by atoms with Gasteiger partial charge in [-0.3, -0.25) is 4.79 Å². The van der Waals surface area contributed by atoms with Gasteiger partial charge in [0.05, 0.1) is 17.9 Å². The van der Waals surface area contributed by atoms with Crippen molar-refractivity contribution >= 4 is 33.3 Å². The monoisotopic (exact) mass is 415 g/mol. The van der Waals surface area contributed by atoms with Gasteiger partial charge in [0.25, 0.3) is 0 Å².